The lowest BCUT2D eigenvalue weighted by atomic mass is 10.3. The SMILES string of the molecule is COC(=O)CSc1ccccc1F. The zero-order valence-corrected chi connectivity index (χ0v) is 7.94. The highest BCUT2D eigenvalue weighted by atomic mass is 32.2. The fraction of sp³-hybridized carbons (Fsp3) is 0.222. The monoisotopic (exact) mass is 200 g/mol. The number of ether oxygens (including phenoxy) is 1. The molecule has 0 unspecified atom stereocenters. The molecule has 0 saturated heterocycles. The molecule has 0 saturated carbocycles. The smallest absolute Gasteiger partial charge is 0.315 e. The van der Waals surface area contributed by atoms with E-state index >= 15 is 0 Å². The van der Waals surface area contributed by atoms with Gasteiger partial charge in [0.1, 0.15) is 5.82 Å². The van der Waals surface area contributed by atoms with Crippen LogP contribution in [0, 0.1) is 5.82 Å². The first-order valence-electron chi connectivity index (χ1n) is 3.68. The number of hydrogen-bond donors (Lipinski definition) is 0. The normalized spacial score (nSPS) is 9.69. The molecule has 0 fully saturated rings. The van der Waals surface area contributed by atoms with Crippen LogP contribution in [0.2, 0.25) is 0 Å². The Hall–Kier alpha value is -1.03. The van der Waals surface area contributed by atoms with E-state index in [1.807, 2.05) is 0 Å². The van der Waals surface area contributed by atoms with Crippen molar-refractivity contribution < 1.29 is 13.9 Å². The highest BCUT2D eigenvalue weighted by Crippen LogP contribution is 2.20. The van der Waals surface area contributed by atoms with Crippen LogP contribution in [0.1, 0.15) is 0 Å². The minimum Gasteiger partial charge on any atom is -0.468 e. The zero-order chi connectivity index (χ0) is 9.68. The van der Waals surface area contributed by atoms with Gasteiger partial charge in [-0.3, -0.25) is 4.79 Å². The summed E-state index contributed by atoms with van der Waals surface area (Å²) in [6.45, 7) is 0. The van der Waals surface area contributed by atoms with Crippen molar-refractivity contribution in [2.24, 2.45) is 0 Å². The van der Waals surface area contributed by atoms with Gasteiger partial charge in [0.15, 0.2) is 0 Å². The maximum absolute atomic E-state index is 13.0. The minimum absolute atomic E-state index is 0.136. The molecule has 0 radical (unpaired) electrons. The first kappa shape index (κ1) is 10.1. The molecule has 0 spiro atoms. The molecule has 1 aromatic carbocycles. The van der Waals surface area contributed by atoms with Crippen LogP contribution in [0.25, 0.3) is 0 Å². The van der Waals surface area contributed by atoms with E-state index in [2.05, 4.69) is 4.74 Å². The molecule has 70 valence electrons. The van der Waals surface area contributed by atoms with Gasteiger partial charge in [0.05, 0.1) is 12.9 Å². The van der Waals surface area contributed by atoms with Crippen molar-refractivity contribution in [1.29, 1.82) is 0 Å². The van der Waals surface area contributed by atoms with Gasteiger partial charge in [-0.25, -0.2) is 4.39 Å². The van der Waals surface area contributed by atoms with Crippen molar-refractivity contribution in [3.8, 4) is 0 Å². The molecule has 0 aromatic heterocycles. The molecule has 1 aromatic rings. The summed E-state index contributed by atoms with van der Waals surface area (Å²) in [7, 11) is 1.31. The zero-order valence-electron chi connectivity index (χ0n) is 7.12. The van der Waals surface area contributed by atoms with E-state index in [9.17, 15) is 9.18 Å². The van der Waals surface area contributed by atoms with Gasteiger partial charge >= 0.3 is 5.97 Å². The van der Waals surface area contributed by atoms with Gasteiger partial charge in [-0.15, -0.1) is 11.8 Å². The van der Waals surface area contributed by atoms with E-state index in [0.29, 0.717) is 4.90 Å². The van der Waals surface area contributed by atoms with Gasteiger partial charge in [0, 0.05) is 4.90 Å². The molecule has 0 amide bonds. The number of rotatable bonds is 3. The van der Waals surface area contributed by atoms with Gasteiger partial charge in [-0.2, -0.15) is 0 Å². The van der Waals surface area contributed by atoms with Crippen molar-refractivity contribution in [2.75, 3.05) is 12.9 Å². The van der Waals surface area contributed by atoms with Crippen LogP contribution in [0.4, 0.5) is 4.39 Å². The maximum Gasteiger partial charge on any atom is 0.315 e. The molecule has 0 bridgehead atoms. The molecule has 0 aliphatic rings. The summed E-state index contributed by atoms with van der Waals surface area (Å²) >= 11 is 1.13. The van der Waals surface area contributed by atoms with E-state index in [1.54, 1.807) is 18.2 Å². The Bertz CT molecular complexity index is 301. The molecule has 0 aliphatic heterocycles. The molecule has 2 nitrogen and oxygen atoms in total. The third-order valence-electron chi connectivity index (χ3n) is 1.41. The predicted molar refractivity (Wildman–Crippen MR) is 49.1 cm³/mol. The first-order valence-corrected chi connectivity index (χ1v) is 4.66. The lowest BCUT2D eigenvalue weighted by Crippen LogP contribution is -2.03. The molecular weight excluding hydrogens is 191 g/mol. The van der Waals surface area contributed by atoms with E-state index < -0.39 is 0 Å². The van der Waals surface area contributed by atoms with Crippen molar-refractivity contribution in [2.45, 2.75) is 4.90 Å². The van der Waals surface area contributed by atoms with Crippen LogP contribution in [-0.2, 0) is 9.53 Å². The number of hydrogen-bond acceptors (Lipinski definition) is 3. The summed E-state index contributed by atoms with van der Waals surface area (Å²) in [5.41, 5.74) is 0. The standard InChI is InChI=1S/C9H9FO2S/c1-12-9(11)6-13-8-5-3-2-4-7(8)10/h2-5H,6H2,1H3. The summed E-state index contributed by atoms with van der Waals surface area (Å²) in [5.74, 6) is -0.526. The van der Waals surface area contributed by atoms with Crippen LogP contribution in [-0.4, -0.2) is 18.8 Å². The molecule has 0 aliphatic carbocycles. The van der Waals surface area contributed by atoms with E-state index in [1.165, 1.54) is 13.2 Å². The number of benzene rings is 1. The Kier molecular flexibility index (Phi) is 3.76. The van der Waals surface area contributed by atoms with Crippen LogP contribution in [0.15, 0.2) is 29.2 Å². The van der Waals surface area contributed by atoms with Gasteiger partial charge in [0.2, 0.25) is 0 Å². The molecule has 0 atom stereocenters. The van der Waals surface area contributed by atoms with Crippen LogP contribution >= 0.6 is 11.8 Å². The van der Waals surface area contributed by atoms with Crippen LogP contribution in [0.5, 0.6) is 0 Å². The maximum atomic E-state index is 13.0. The Balaban J connectivity index is 2.54. The second-order valence-electron chi connectivity index (χ2n) is 2.30. The van der Waals surface area contributed by atoms with Crippen LogP contribution in [0.3, 0.4) is 0 Å². The fourth-order valence-corrected chi connectivity index (χ4v) is 1.53. The Morgan fingerprint density at radius 2 is 2.23 bits per heavy atom. The predicted octanol–water partition coefficient (Wildman–Crippen LogP) is 2.09. The summed E-state index contributed by atoms with van der Waals surface area (Å²) in [5, 5.41) is 0. The largest absolute Gasteiger partial charge is 0.468 e. The second-order valence-corrected chi connectivity index (χ2v) is 3.31. The molecule has 4 heteroatoms. The first-order chi connectivity index (χ1) is 6.24. The van der Waals surface area contributed by atoms with Crippen molar-refractivity contribution in [3.05, 3.63) is 30.1 Å². The third-order valence-corrected chi connectivity index (χ3v) is 2.43. The summed E-state index contributed by atoms with van der Waals surface area (Å²) in [6.07, 6.45) is 0. The fourth-order valence-electron chi connectivity index (χ4n) is 0.757. The number of thioether (sulfide) groups is 1. The Morgan fingerprint density at radius 3 is 2.85 bits per heavy atom. The van der Waals surface area contributed by atoms with E-state index in [4.69, 9.17) is 0 Å². The number of carbonyl (C=O) groups excluding carboxylic acids is 1. The number of methoxy groups -OCH3 is 1. The molecule has 0 heterocycles. The highest BCUT2D eigenvalue weighted by Gasteiger charge is 2.05. The van der Waals surface area contributed by atoms with E-state index in [-0.39, 0.29) is 17.5 Å². The third kappa shape index (κ3) is 3.06. The average molecular weight is 200 g/mol. The summed E-state index contributed by atoms with van der Waals surface area (Å²) in [4.78, 5) is 11.2. The van der Waals surface area contributed by atoms with Crippen LogP contribution < -0.4 is 0 Å². The highest BCUT2D eigenvalue weighted by molar-refractivity contribution is 8.00. The Labute approximate surface area is 80.1 Å². The molecule has 1 rings (SSSR count). The lowest BCUT2D eigenvalue weighted by molar-refractivity contribution is -0.137. The molecule has 0 N–H and O–H groups in total. The summed E-state index contributed by atoms with van der Waals surface area (Å²) in [6, 6.07) is 6.32. The second kappa shape index (κ2) is 4.87. The number of halogens is 1. The van der Waals surface area contributed by atoms with E-state index in [0.717, 1.165) is 11.8 Å². The topological polar surface area (TPSA) is 26.3 Å². The lowest BCUT2D eigenvalue weighted by Gasteiger charge is -2.00. The van der Waals surface area contributed by atoms with Crippen molar-refractivity contribution in [3.63, 3.8) is 0 Å². The van der Waals surface area contributed by atoms with Crippen molar-refractivity contribution in [1.82, 2.24) is 0 Å². The van der Waals surface area contributed by atoms with Gasteiger partial charge in [-0.05, 0) is 12.1 Å². The summed E-state index contributed by atoms with van der Waals surface area (Å²) < 4.78 is 17.4. The minimum atomic E-state index is -0.353. The Morgan fingerprint density at radius 1 is 1.54 bits per heavy atom. The van der Waals surface area contributed by atoms with Gasteiger partial charge in [-0.1, -0.05) is 12.1 Å². The van der Waals surface area contributed by atoms with Crippen molar-refractivity contribution >= 4 is 17.7 Å². The van der Waals surface area contributed by atoms with Gasteiger partial charge in [0.25, 0.3) is 0 Å². The molecule has 13 heavy (non-hydrogen) atoms. The number of esters is 1. The quantitative estimate of drug-likeness (QED) is 0.552. The average Bonchev–Trinajstić information content (AvgIpc) is 2.16. The molecular formula is C9H9FO2S. The number of carbonyl (C=O) groups is 1. The van der Waals surface area contributed by atoms with Gasteiger partial charge < -0.3 is 4.74 Å².